The highest BCUT2D eigenvalue weighted by atomic mass is 32.2. The average molecular weight is 251 g/mol. The summed E-state index contributed by atoms with van der Waals surface area (Å²) in [5.74, 6) is 7.51. The van der Waals surface area contributed by atoms with Gasteiger partial charge in [0.05, 0.1) is 0 Å². The summed E-state index contributed by atoms with van der Waals surface area (Å²) < 4.78 is 0. The molecule has 0 saturated carbocycles. The van der Waals surface area contributed by atoms with Crippen LogP contribution < -0.4 is 16.6 Å². The van der Waals surface area contributed by atoms with Crippen LogP contribution in [0.15, 0.2) is 24.3 Å². The van der Waals surface area contributed by atoms with Gasteiger partial charge in [-0.15, -0.1) is 0 Å². The first-order valence-electron chi connectivity index (χ1n) is 5.75. The van der Waals surface area contributed by atoms with E-state index in [2.05, 4.69) is 10.7 Å². The lowest BCUT2D eigenvalue weighted by Gasteiger charge is -2.22. The van der Waals surface area contributed by atoms with Gasteiger partial charge in [-0.2, -0.15) is 11.8 Å². The summed E-state index contributed by atoms with van der Waals surface area (Å²) in [5, 5.41) is 3.06. The van der Waals surface area contributed by atoms with Crippen molar-refractivity contribution in [1.29, 1.82) is 0 Å². The minimum Gasteiger partial charge on any atom is -0.348 e. The van der Waals surface area contributed by atoms with Crippen LogP contribution in [0.3, 0.4) is 0 Å². The van der Waals surface area contributed by atoms with E-state index in [4.69, 9.17) is 5.84 Å². The molecule has 0 aliphatic carbocycles. The van der Waals surface area contributed by atoms with E-state index in [1.54, 1.807) is 24.3 Å². The van der Waals surface area contributed by atoms with Gasteiger partial charge in [0.25, 0.3) is 5.91 Å². The van der Waals surface area contributed by atoms with Crippen molar-refractivity contribution < 1.29 is 4.79 Å². The fourth-order valence-electron chi connectivity index (χ4n) is 1.84. The molecule has 17 heavy (non-hydrogen) atoms. The molecule has 1 unspecified atom stereocenters. The zero-order valence-electron chi connectivity index (χ0n) is 9.61. The molecule has 1 aromatic carbocycles. The molecular weight excluding hydrogens is 234 g/mol. The average Bonchev–Trinajstić information content (AvgIpc) is 2.40. The van der Waals surface area contributed by atoms with Crippen LogP contribution in [0, 0.1) is 0 Å². The Labute approximate surface area is 105 Å². The summed E-state index contributed by atoms with van der Waals surface area (Å²) in [6.45, 7) is 0. The topological polar surface area (TPSA) is 67.1 Å². The molecule has 0 spiro atoms. The Morgan fingerprint density at radius 2 is 2.12 bits per heavy atom. The molecule has 5 heteroatoms. The fraction of sp³-hybridized carbons (Fsp3) is 0.417. The van der Waals surface area contributed by atoms with Gasteiger partial charge in [0.2, 0.25) is 0 Å². The molecule has 0 bridgehead atoms. The Morgan fingerprint density at radius 3 is 2.71 bits per heavy atom. The molecule has 1 heterocycles. The van der Waals surface area contributed by atoms with Gasteiger partial charge < -0.3 is 10.7 Å². The van der Waals surface area contributed by atoms with Crippen molar-refractivity contribution in [2.24, 2.45) is 5.84 Å². The quantitative estimate of drug-likeness (QED) is 0.564. The minimum atomic E-state index is 0.000992. The van der Waals surface area contributed by atoms with Crippen molar-refractivity contribution in [2.45, 2.75) is 18.9 Å². The van der Waals surface area contributed by atoms with Crippen molar-refractivity contribution in [2.75, 3.05) is 16.9 Å². The number of hydrazine groups is 1. The van der Waals surface area contributed by atoms with E-state index in [-0.39, 0.29) is 5.91 Å². The first kappa shape index (κ1) is 12.3. The third-order valence-electron chi connectivity index (χ3n) is 2.81. The van der Waals surface area contributed by atoms with Crippen LogP contribution in [0.25, 0.3) is 0 Å². The summed E-state index contributed by atoms with van der Waals surface area (Å²) in [6.07, 6.45) is 2.27. The van der Waals surface area contributed by atoms with Gasteiger partial charge >= 0.3 is 0 Å². The van der Waals surface area contributed by atoms with Crippen LogP contribution in [0.1, 0.15) is 23.2 Å². The Balaban J connectivity index is 1.93. The number of benzene rings is 1. The van der Waals surface area contributed by atoms with Gasteiger partial charge in [0.1, 0.15) is 0 Å². The Hall–Kier alpha value is -1.20. The molecule has 92 valence electrons. The lowest BCUT2D eigenvalue weighted by molar-refractivity contribution is 0.0938. The van der Waals surface area contributed by atoms with Gasteiger partial charge in [-0.1, -0.05) is 0 Å². The van der Waals surface area contributed by atoms with Gasteiger partial charge in [0.15, 0.2) is 0 Å². The van der Waals surface area contributed by atoms with E-state index in [1.807, 2.05) is 11.8 Å². The van der Waals surface area contributed by atoms with E-state index < -0.39 is 0 Å². The Morgan fingerprint density at radius 1 is 1.35 bits per heavy atom. The van der Waals surface area contributed by atoms with E-state index in [9.17, 15) is 4.79 Å². The summed E-state index contributed by atoms with van der Waals surface area (Å²) >= 11 is 1.91. The van der Waals surface area contributed by atoms with E-state index in [0.29, 0.717) is 11.6 Å². The summed E-state index contributed by atoms with van der Waals surface area (Å²) in [4.78, 5) is 11.9. The molecule has 0 radical (unpaired) electrons. The SMILES string of the molecule is NNc1ccc(C(=O)NC2CCCSC2)cc1. The van der Waals surface area contributed by atoms with Crippen molar-refractivity contribution >= 4 is 23.4 Å². The van der Waals surface area contributed by atoms with E-state index in [0.717, 1.165) is 17.9 Å². The number of rotatable bonds is 3. The molecular formula is C12H17N3OS. The molecule has 4 N–H and O–H groups in total. The number of carbonyl (C=O) groups is 1. The van der Waals surface area contributed by atoms with Crippen molar-refractivity contribution in [1.82, 2.24) is 5.32 Å². The first-order chi connectivity index (χ1) is 8.29. The second-order valence-electron chi connectivity index (χ2n) is 4.11. The lowest BCUT2D eigenvalue weighted by Crippen LogP contribution is -2.38. The van der Waals surface area contributed by atoms with Crippen molar-refractivity contribution in [3.05, 3.63) is 29.8 Å². The molecule has 0 aromatic heterocycles. The molecule has 4 nitrogen and oxygen atoms in total. The van der Waals surface area contributed by atoms with Gasteiger partial charge in [-0.25, -0.2) is 0 Å². The maximum atomic E-state index is 11.9. The van der Waals surface area contributed by atoms with Gasteiger partial charge in [0, 0.05) is 23.0 Å². The Kier molecular flexibility index (Phi) is 4.28. The lowest BCUT2D eigenvalue weighted by atomic mass is 10.1. The number of nitrogen functional groups attached to an aromatic ring is 1. The van der Waals surface area contributed by atoms with Crippen LogP contribution in [0.5, 0.6) is 0 Å². The normalized spacial score (nSPS) is 19.7. The smallest absolute Gasteiger partial charge is 0.251 e. The highest BCUT2D eigenvalue weighted by molar-refractivity contribution is 7.99. The molecule has 1 aliphatic rings. The standard InChI is InChI=1S/C12H17N3OS/c13-15-10-5-3-9(4-6-10)12(16)14-11-2-1-7-17-8-11/h3-6,11,15H,1-2,7-8,13H2,(H,14,16). The molecule has 1 saturated heterocycles. The highest BCUT2D eigenvalue weighted by Crippen LogP contribution is 2.17. The number of hydrogen-bond acceptors (Lipinski definition) is 4. The van der Waals surface area contributed by atoms with Crippen molar-refractivity contribution in [3.8, 4) is 0 Å². The van der Waals surface area contributed by atoms with Gasteiger partial charge in [-0.3, -0.25) is 10.6 Å². The van der Waals surface area contributed by atoms with Gasteiger partial charge in [-0.05, 0) is 42.9 Å². The van der Waals surface area contributed by atoms with Crippen LogP contribution in [0.2, 0.25) is 0 Å². The van der Waals surface area contributed by atoms with Crippen LogP contribution >= 0.6 is 11.8 Å². The number of nitrogens with one attached hydrogen (secondary N) is 2. The van der Waals surface area contributed by atoms with Crippen LogP contribution in [-0.2, 0) is 0 Å². The molecule has 1 aromatic rings. The van der Waals surface area contributed by atoms with E-state index in [1.165, 1.54) is 12.2 Å². The number of anilines is 1. The fourth-order valence-corrected chi connectivity index (χ4v) is 2.91. The Bertz CT molecular complexity index is 374. The number of hydrogen-bond donors (Lipinski definition) is 3. The number of carbonyl (C=O) groups excluding carboxylic acids is 1. The number of nitrogens with two attached hydrogens (primary N) is 1. The molecule has 1 atom stereocenters. The van der Waals surface area contributed by atoms with E-state index >= 15 is 0 Å². The summed E-state index contributed by atoms with van der Waals surface area (Å²) in [7, 11) is 0. The minimum absolute atomic E-state index is 0.000992. The molecule has 1 aliphatic heterocycles. The molecule has 1 amide bonds. The molecule has 2 rings (SSSR count). The zero-order valence-corrected chi connectivity index (χ0v) is 10.4. The second-order valence-corrected chi connectivity index (χ2v) is 5.26. The van der Waals surface area contributed by atoms with Crippen molar-refractivity contribution in [3.63, 3.8) is 0 Å². The largest absolute Gasteiger partial charge is 0.348 e. The number of thioether (sulfide) groups is 1. The predicted octanol–water partition coefficient (Wildman–Crippen LogP) is 1.60. The van der Waals surface area contributed by atoms with Crippen LogP contribution in [0.4, 0.5) is 5.69 Å². The zero-order chi connectivity index (χ0) is 12.1. The third kappa shape index (κ3) is 3.38. The van der Waals surface area contributed by atoms with Crippen LogP contribution in [-0.4, -0.2) is 23.5 Å². The summed E-state index contributed by atoms with van der Waals surface area (Å²) in [5.41, 5.74) is 4.02. The summed E-state index contributed by atoms with van der Waals surface area (Å²) in [6, 6.07) is 7.46. The second kappa shape index (κ2) is 5.93. The third-order valence-corrected chi connectivity index (χ3v) is 4.02. The maximum Gasteiger partial charge on any atom is 0.251 e. The predicted molar refractivity (Wildman–Crippen MR) is 72.1 cm³/mol. The molecule has 1 fully saturated rings. The highest BCUT2D eigenvalue weighted by Gasteiger charge is 2.16. The number of amides is 1. The first-order valence-corrected chi connectivity index (χ1v) is 6.90. The monoisotopic (exact) mass is 251 g/mol. The maximum absolute atomic E-state index is 11.9.